The van der Waals surface area contributed by atoms with Crippen LogP contribution in [0.2, 0.25) is 0 Å². The van der Waals surface area contributed by atoms with Crippen LogP contribution in [-0.4, -0.2) is 34.0 Å². The SMILES string of the molecule is Cc1ocnc1CN1CCC(CCC(=O)O)CC1. The Bertz CT molecular complexity index is 395. The number of aromatic nitrogens is 1. The lowest BCUT2D eigenvalue weighted by Crippen LogP contribution is -2.33. The van der Waals surface area contributed by atoms with Crippen molar-refractivity contribution in [3.8, 4) is 0 Å². The number of piperidine rings is 1. The Morgan fingerprint density at radius 3 is 2.83 bits per heavy atom. The third-order valence-corrected chi connectivity index (χ3v) is 3.69. The highest BCUT2D eigenvalue weighted by atomic mass is 16.4. The van der Waals surface area contributed by atoms with Crippen molar-refractivity contribution >= 4 is 5.97 Å². The minimum Gasteiger partial charge on any atom is -0.481 e. The van der Waals surface area contributed by atoms with Crippen LogP contribution in [0, 0.1) is 12.8 Å². The Balaban J connectivity index is 1.73. The second-order valence-electron chi connectivity index (χ2n) is 5.01. The highest BCUT2D eigenvalue weighted by Gasteiger charge is 2.20. The van der Waals surface area contributed by atoms with Gasteiger partial charge in [0.15, 0.2) is 6.39 Å². The summed E-state index contributed by atoms with van der Waals surface area (Å²) in [6, 6.07) is 0. The van der Waals surface area contributed by atoms with Gasteiger partial charge in [0.25, 0.3) is 0 Å². The zero-order chi connectivity index (χ0) is 13.0. The third kappa shape index (κ3) is 3.57. The van der Waals surface area contributed by atoms with Crippen LogP contribution in [0.4, 0.5) is 0 Å². The van der Waals surface area contributed by atoms with Gasteiger partial charge in [-0.15, -0.1) is 0 Å². The summed E-state index contributed by atoms with van der Waals surface area (Å²) >= 11 is 0. The number of carbonyl (C=O) groups is 1. The molecule has 0 aliphatic carbocycles. The molecule has 0 radical (unpaired) electrons. The number of nitrogens with zero attached hydrogens (tertiary/aromatic N) is 2. The van der Waals surface area contributed by atoms with Crippen molar-refractivity contribution in [2.75, 3.05) is 13.1 Å². The molecular formula is C13H20N2O3. The minimum absolute atomic E-state index is 0.299. The number of aryl methyl sites for hydroxylation is 1. The van der Waals surface area contributed by atoms with Gasteiger partial charge in [0.05, 0.1) is 5.69 Å². The Morgan fingerprint density at radius 1 is 1.56 bits per heavy atom. The van der Waals surface area contributed by atoms with Gasteiger partial charge in [0.1, 0.15) is 5.76 Å². The number of oxazole rings is 1. The molecule has 18 heavy (non-hydrogen) atoms. The normalized spacial score (nSPS) is 18.1. The molecule has 1 aromatic heterocycles. The first-order valence-electron chi connectivity index (χ1n) is 6.48. The molecule has 100 valence electrons. The lowest BCUT2D eigenvalue weighted by Gasteiger charge is -2.31. The van der Waals surface area contributed by atoms with Crippen LogP contribution in [0.3, 0.4) is 0 Å². The lowest BCUT2D eigenvalue weighted by molar-refractivity contribution is -0.137. The van der Waals surface area contributed by atoms with E-state index < -0.39 is 5.97 Å². The van der Waals surface area contributed by atoms with E-state index in [1.807, 2.05) is 6.92 Å². The molecule has 1 fully saturated rings. The Hall–Kier alpha value is -1.36. The van der Waals surface area contributed by atoms with Gasteiger partial charge in [-0.2, -0.15) is 0 Å². The molecule has 0 bridgehead atoms. The summed E-state index contributed by atoms with van der Waals surface area (Å²) in [5.74, 6) is 0.773. The highest BCUT2D eigenvalue weighted by Crippen LogP contribution is 2.23. The molecule has 5 nitrogen and oxygen atoms in total. The summed E-state index contributed by atoms with van der Waals surface area (Å²) in [7, 11) is 0. The number of hydrogen-bond acceptors (Lipinski definition) is 4. The van der Waals surface area contributed by atoms with Gasteiger partial charge in [0.2, 0.25) is 0 Å². The monoisotopic (exact) mass is 252 g/mol. The second kappa shape index (κ2) is 6.00. The van der Waals surface area contributed by atoms with E-state index in [1.54, 1.807) is 0 Å². The second-order valence-corrected chi connectivity index (χ2v) is 5.01. The van der Waals surface area contributed by atoms with Gasteiger partial charge < -0.3 is 9.52 Å². The first-order chi connectivity index (χ1) is 8.65. The van der Waals surface area contributed by atoms with Crippen molar-refractivity contribution in [1.82, 2.24) is 9.88 Å². The molecule has 1 saturated heterocycles. The van der Waals surface area contributed by atoms with Gasteiger partial charge >= 0.3 is 5.97 Å². The van der Waals surface area contributed by atoms with Crippen LogP contribution in [-0.2, 0) is 11.3 Å². The number of hydrogen-bond donors (Lipinski definition) is 1. The average molecular weight is 252 g/mol. The molecule has 0 aromatic carbocycles. The summed E-state index contributed by atoms with van der Waals surface area (Å²) in [6.45, 7) is 4.82. The summed E-state index contributed by atoms with van der Waals surface area (Å²) < 4.78 is 5.19. The summed E-state index contributed by atoms with van der Waals surface area (Å²) in [5.41, 5.74) is 1.01. The van der Waals surface area contributed by atoms with E-state index in [1.165, 1.54) is 6.39 Å². The van der Waals surface area contributed by atoms with Crippen LogP contribution >= 0.6 is 0 Å². The molecular weight excluding hydrogens is 232 g/mol. The average Bonchev–Trinajstić information content (AvgIpc) is 2.74. The maximum absolute atomic E-state index is 10.5. The predicted molar refractivity (Wildman–Crippen MR) is 66.1 cm³/mol. The van der Waals surface area contributed by atoms with E-state index in [9.17, 15) is 4.79 Å². The molecule has 5 heteroatoms. The summed E-state index contributed by atoms with van der Waals surface area (Å²) in [5, 5.41) is 8.67. The third-order valence-electron chi connectivity index (χ3n) is 3.69. The molecule has 2 heterocycles. The van der Waals surface area contributed by atoms with Crippen molar-refractivity contribution in [3.05, 3.63) is 17.8 Å². The van der Waals surface area contributed by atoms with Crippen molar-refractivity contribution in [2.24, 2.45) is 5.92 Å². The molecule has 0 spiro atoms. The number of likely N-dealkylation sites (tertiary alicyclic amines) is 1. The number of rotatable bonds is 5. The van der Waals surface area contributed by atoms with Gasteiger partial charge in [-0.05, 0) is 45.2 Å². The van der Waals surface area contributed by atoms with E-state index >= 15 is 0 Å². The smallest absolute Gasteiger partial charge is 0.303 e. The maximum Gasteiger partial charge on any atom is 0.303 e. The Kier molecular flexibility index (Phi) is 4.36. The molecule has 1 N–H and O–H groups in total. The largest absolute Gasteiger partial charge is 0.481 e. The lowest BCUT2D eigenvalue weighted by atomic mass is 9.92. The van der Waals surface area contributed by atoms with Crippen LogP contribution in [0.1, 0.15) is 37.1 Å². The first kappa shape index (κ1) is 13.1. The Morgan fingerprint density at radius 2 is 2.28 bits per heavy atom. The standard InChI is InChI=1S/C13H20N2O3/c1-10-12(14-9-18-10)8-15-6-4-11(5-7-15)2-3-13(16)17/h9,11H,2-8H2,1H3,(H,16,17). The van der Waals surface area contributed by atoms with Gasteiger partial charge in [0, 0.05) is 13.0 Å². The Labute approximate surface area is 107 Å². The van der Waals surface area contributed by atoms with Crippen molar-refractivity contribution in [3.63, 3.8) is 0 Å². The van der Waals surface area contributed by atoms with Crippen LogP contribution < -0.4 is 0 Å². The van der Waals surface area contributed by atoms with Gasteiger partial charge in [-0.3, -0.25) is 9.69 Å². The summed E-state index contributed by atoms with van der Waals surface area (Å²) in [6.07, 6.45) is 4.78. The van der Waals surface area contributed by atoms with Crippen molar-refractivity contribution < 1.29 is 14.3 Å². The predicted octanol–water partition coefficient (Wildman–Crippen LogP) is 2.06. The van der Waals surface area contributed by atoms with Crippen LogP contribution in [0.15, 0.2) is 10.8 Å². The first-order valence-corrected chi connectivity index (χ1v) is 6.48. The fourth-order valence-corrected chi connectivity index (χ4v) is 2.45. The van der Waals surface area contributed by atoms with E-state index in [4.69, 9.17) is 9.52 Å². The quantitative estimate of drug-likeness (QED) is 0.868. The number of aliphatic carboxylic acids is 1. The molecule has 1 aliphatic heterocycles. The number of carboxylic acid groups (broad SMARTS) is 1. The molecule has 1 aromatic rings. The topological polar surface area (TPSA) is 66.6 Å². The zero-order valence-electron chi connectivity index (χ0n) is 10.8. The molecule has 0 atom stereocenters. The fraction of sp³-hybridized carbons (Fsp3) is 0.692. The van der Waals surface area contributed by atoms with Crippen molar-refractivity contribution in [1.29, 1.82) is 0 Å². The number of carboxylic acids is 1. The molecule has 0 amide bonds. The van der Waals surface area contributed by atoms with E-state index in [0.717, 1.165) is 50.4 Å². The zero-order valence-corrected chi connectivity index (χ0v) is 10.8. The van der Waals surface area contributed by atoms with E-state index in [-0.39, 0.29) is 0 Å². The molecule has 0 saturated carbocycles. The van der Waals surface area contributed by atoms with Crippen molar-refractivity contribution in [2.45, 2.75) is 39.2 Å². The highest BCUT2D eigenvalue weighted by molar-refractivity contribution is 5.66. The summed E-state index contributed by atoms with van der Waals surface area (Å²) in [4.78, 5) is 17.1. The van der Waals surface area contributed by atoms with Gasteiger partial charge in [-0.1, -0.05) is 0 Å². The molecule has 1 aliphatic rings. The van der Waals surface area contributed by atoms with Crippen LogP contribution in [0.5, 0.6) is 0 Å². The maximum atomic E-state index is 10.5. The van der Waals surface area contributed by atoms with E-state index in [0.29, 0.717) is 12.3 Å². The van der Waals surface area contributed by atoms with E-state index in [2.05, 4.69) is 9.88 Å². The fourth-order valence-electron chi connectivity index (χ4n) is 2.45. The van der Waals surface area contributed by atoms with Gasteiger partial charge in [-0.25, -0.2) is 4.98 Å². The molecule has 2 rings (SSSR count). The van der Waals surface area contributed by atoms with Crippen LogP contribution in [0.25, 0.3) is 0 Å². The minimum atomic E-state index is -0.685. The molecule has 0 unspecified atom stereocenters.